The van der Waals surface area contributed by atoms with Crippen LogP contribution in [0.1, 0.15) is 289 Å². The molecule has 16 heteroatoms. The Labute approximate surface area is 490 Å². The predicted molar refractivity (Wildman–Crippen MR) is 314 cm³/mol. The minimum absolute atomic E-state index is 0. The number of benzene rings is 3. The third-order valence-corrected chi connectivity index (χ3v) is 16.3. The second-order valence-electron chi connectivity index (χ2n) is 28.1. The topological polar surface area (TPSA) is 250 Å². The maximum Gasteiger partial charge on any atom is 6.00 e. The largest absolute Gasteiger partial charge is 6.00 e. The fourth-order valence-corrected chi connectivity index (χ4v) is 12.6. The molecule has 12 nitrogen and oxygen atoms in total. The average Bonchev–Trinajstić information content (AvgIpc) is 3.21. The van der Waals surface area contributed by atoms with E-state index in [0.29, 0.717) is 52.6 Å². The molecular weight excluding hydrogens is 1090 g/mol. The Morgan fingerprint density at radius 3 is 0.671 bits per heavy atom. The van der Waals surface area contributed by atoms with E-state index in [0.717, 1.165) is 110 Å². The van der Waals surface area contributed by atoms with E-state index in [9.17, 15) is 58.4 Å². The molecule has 0 saturated carbocycles. The fraction of sp³-hybridized carbons (Fsp3) is 0.714. The molecule has 0 amide bonds. The zero-order chi connectivity index (χ0) is 61.0. The van der Waals surface area contributed by atoms with Crippen molar-refractivity contribution in [1.82, 2.24) is 0 Å². The Hall–Kier alpha value is -1.96. The van der Waals surface area contributed by atoms with Crippen molar-refractivity contribution in [2.45, 2.75) is 293 Å². The maximum absolute atomic E-state index is 11.5. The summed E-state index contributed by atoms with van der Waals surface area (Å²) in [4.78, 5) is 69.3. The van der Waals surface area contributed by atoms with Crippen LogP contribution >= 0.6 is 22.8 Å². The van der Waals surface area contributed by atoms with Gasteiger partial charge in [-0.2, -0.15) is 0 Å². The van der Waals surface area contributed by atoms with Gasteiger partial charge in [0, 0.05) is 35.2 Å². The van der Waals surface area contributed by atoms with Crippen LogP contribution in [0.3, 0.4) is 0 Å². The maximum atomic E-state index is 11.5. The molecule has 0 aliphatic heterocycles. The van der Waals surface area contributed by atoms with Crippen LogP contribution in [-0.2, 0) is 101 Å². The van der Waals surface area contributed by atoms with E-state index in [1.807, 2.05) is 125 Å². The Morgan fingerprint density at radius 1 is 0.342 bits per heavy atom. The van der Waals surface area contributed by atoms with Gasteiger partial charge in [0.05, 0.1) is 0 Å². The molecule has 0 unspecified atom stereocenters. The van der Waals surface area contributed by atoms with Crippen LogP contribution in [-0.4, -0.2) is 15.3 Å². The first kappa shape index (κ1) is 77.0. The van der Waals surface area contributed by atoms with Crippen LogP contribution in [0.5, 0.6) is 17.2 Å². The minimum Gasteiger partial charge on any atom is -0.810 e. The molecule has 0 aliphatic rings. The molecule has 3 rings (SSSR count). The molecule has 79 heavy (non-hydrogen) atoms. The molecule has 0 heterocycles. The summed E-state index contributed by atoms with van der Waals surface area (Å²) >= 11 is 0. The normalized spacial score (nSPS) is 13.1. The van der Waals surface area contributed by atoms with Crippen molar-refractivity contribution in [2.24, 2.45) is 0 Å². The van der Waals surface area contributed by atoms with Gasteiger partial charge in [-0.15, -0.1) is 0 Å². The van der Waals surface area contributed by atoms with Crippen molar-refractivity contribution in [3.05, 3.63) is 85.0 Å². The molecule has 0 aromatic heterocycles. The van der Waals surface area contributed by atoms with Crippen LogP contribution in [0, 0.1) is 0 Å². The molecule has 3 aromatic carbocycles. The third kappa shape index (κ3) is 25.8. The van der Waals surface area contributed by atoms with Crippen molar-refractivity contribution < 1.29 is 75.7 Å². The predicted octanol–water partition coefficient (Wildman–Crippen LogP) is 13.6. The number of rotatable bonds is 21. The van der Waals surface area contributed by atoms with E-state index < -0.39 is 41.3 Å². The molecular formula is C63H105CrO12P3. The molecule has 0 atom stereocenters. The van der Waals surface area contributed by atoms with Gasteiger partial charge in [0.25, 0.3) is 0 Å². The number of unbranched alkanes of at least 4 members (excludes halogenated alkanes) is 9. The Balaban J connectivity index is 0.00000115. The third-order valence-electron chi connectivity index (χ3n) is 14.1. The number of phenolic OH excluding ortho intramolecular Hbond substituents is 3. The summed E-state index contributed by atoms with van der Waals surface area (Å²) in [5.74, 6) is 0.725. The van der Waals surface area contributed by atoms with Gasteiger partial charge in [-0.1, -0.05) is 244 Å². The zero-order valence-corrected chi connectivity index (χ0v) is 56.7. The van der Waals surface area contributed by atoms with E-state index >= 15 is 0 Å². The molecule has 0 bridgehead atoms. The average molecular weight is 1200 g/mol. The summed E-state index contributed by atoms with van der Waals surface area (Å²) in [5, 5.41) is 33.1. The fourth-order valence-electron chi connectivity index (χ4n) is 10.5. The van der Waals surface area contributed by atoms with Gasteiger partial charge in [0.15, 0.2) is 0 Å². The summed E-state index contributed by atoms with van der Waals surface area (Å²) in [6.45, 7) is 42.4. The standard InChI is InChI=1S/3C21H37O4P.Cr/c3*1-8-9-10-11-12-16-15(14-26(23,24)25)13-17(20(2,3)4)19(22)18(16)21(5,6)7;/h3*13,22H,8-12,14H2,1-7H3,(H2,23,24,25);/q;;;+6/p-6. The van der Waals surface area contributed by atoms with Crippen molar-refractivity contribution in [3.8, 4) is 17.2 Å². The van der Waals surface area contributed by atoms with Gasteiger partial charge in [-0.3, -0.25) is 0 Å². The molecule has 0 fully saturated rings. The second kappa shape index (κ2) is 30.7. The van der Waals surface area contributed by atoms with Gasteiger partial charge in [0.1, 0.15) is 17.2 Å². The number of phenols is 3. The van der Waals surface area contributed by atoms with Crippen LogP contribution in [0.25, 0.3) is 0 Å². The summed E-state index contributed by atoms with van der Waals surface area (Å²) in [5.41, 5.74) is 6.52. The summed E-state index contributed by atoms with van der Waals surface area (Å²) in [6, 6.07) is 5.21. The second-order valence-corrected chi connectivity index (χ2v) is 32.7. The zero-order valence-electron chi connectivity index (χ0n) is 52.7. The van der Waals surface area contributed by atoms with E-state index in [4.69, 9.17) is 0 Å². The molecule has 450 valence electrons. The molecule has 3 aromatic rings. The van der Waals surface area contributed by atoms with Crippen molar-refractivity contribution in [2.75, 3.05) is 0 Å². The van der Waals surface area contributed by atoms with Gasteiger partial charge in [0.2, 0.25) is 0 Å². The quantitative estimate of drug-likeness (QED) is 0.0665. The Kier molecular flexibility index (Phi) is 30.0. The van der Waals surface area contributed by atoms with Crippen LogP contribution in [0.2, 0.25) is 0 Å². The van der Waals surface area contributed by atoms with Crippen molar-refractivity contribution in [3.63, 3.8) is 0 Å². The van der Waals surface area contributed by atoms with Gasteiger partial charge in [-0.25, -0.2) is 0 Å². The number of hydrogen-bond donors (Lipinski definition) is 3. The number of hydrogen-bond acceptors (Lipinski definition) is 12. The van der Waals surface area contributed by atoms with E-state index in [1.54, 1.807) is 18.2 Å². The van der Waals surface area contributed by atoms with Crippen LogP contribution in [0.15, 0.2) is 18.2 Å². The molecule has 0 aliphatic carbocycles. The number of aromatic hydroxyl groups is 3. The van der Waals surface area contributed by atoms with E-state index in [-0.39, 0.29) is 67.1 Å². The summed E-state index contributed by atoms with van der Waals surface area (Å²) < 4.78 is 34.6. The van der Waals surface area contributed by atoms with E-state index in [1.165, 1.54) is 0 Å². The van der Waals surface area contributed by atoms with Gasteiger partial charge < -0.3 is 58.4 Å². The Bertz CT molecular complexity index is 2270. The van der Waals surface area contributed by atoms with Crippen molar-refractivity contribution >= 4 is 22.8 Å². The van der Waals surface area contributed by atoms with Crippen LogP contribution < -0.4 is 29.4 Å². The molecule has 0 saturated heterocycles. The van der Waals surface area contributed by atoms with Gasteiger partial charge in [-0.05, 0) is 121 Å². The summed E-state index contributed by atoms with van der Waals surface area (Å²) in [7, 11) is -14.1. The first-order valence-electron chi connectivity index (χ1n) is 28.7. The molecule has 3 N–H and O–H groups in total. The molecule has 0 radical (unpaired) electrons. The Morgan fingerprint density at radius 2 is 0.532 bits per heavy atom. The van der Waals surface area contributed by atoms with Crippen LogP contribution in [0.4, 0.5) is 0 Å². The first-order valence-corrected chi connectivity index (χ1v) is 33.9. The molecule has 0 spiro atoms. The first-order chi connectivity index (χ1) is 35.0. The minimum atomic E-state index is -4.70. The van der Waals surface area contributed by atoms with E-state index in [2.05, 4.69) is 20.8 Å². The van der Waals surface area contributed by atoms with Gasteiger partial charge >= 0.3 is 17.4 Å². The summed E-state index contributed by atoms with van der Waals surface area (Å²) in [6.07, 6.45) is 13.1. The SMILES string of the molecule is CCCCCCc1c(CP(=O)([O-])[O-])cc(C(C)(C)C)c(O)c1C(C)(C)C.CCCCCCc1c(CP(=O)([O-])[O-])cc(C(C)(C)C)c(O)c1C(C)(C)C.CCCCCCc1c(CP(=O)([O-])[O-])cc(C(C)(C)C)c(O)c1C(C)(C)C.[Cr+6]. The monoisotopic (exact) mass is 1200 g/mol. The smallest absolute Gasteiger partial charge is 0.810 e. The van der Waals surface area contributed by atoms with Crippen molar-refractivity contribution in [1.29, 1.82) is 0 Å².